The lowest BCUT2D eigenvalue weighted by molar-refractivity contribution is -0.140. The van der Waals surface area contributed by atoms with Crippen LogP contribution in [0.4, 0.5) is 10.1 Å². The minimum absolute atomic E-state index is 0.0280. The number of hydrogen-bond donors (Lipinski definition) is 1. The summed E-state index contributed by atoms with van der Waals surface area (Å²) in [5.74, 6) is -1.70. The highest BCUT2D eigenvalue weighted by molar-refractivity contribution is 7.92. The molecule has 4 aromatic rings. The number of sulfonamides is 1. The summed E-state index contributed by atoms with van der Waals surface area (Å²) >= 11 is 6.24. The quantitative estimate of drug-likeness (QED) is 0.212. The number of carbonyl (C=O) groups is 2. The maximum Gasteiger partial charge on any atom is 0.264 e. The van der Waals surface area contributed by atoms with Crippen LogP contribution in [0.2, 0.25) is 5.02 Å². The van der Waals surface area contributed by atoms with E-state index in [0.717, 1.165) is 9.87 Å². The first-order valence-corrected chi connectivity index (χ1v) is 15.9. The number of benzene rings is 4. The van der Waals surface area contributed by atoms with Crippen molar-refractivity contribution in [1.82, 2.24) is 10.2 Å². The number of halogens is 2. The molecule has 1 atom stereocenters. The van der Waals surface area contributed by atoms with Crippen LogP contribution in [0, 0.1) is 5.82 Å². The Hall–Kier alpha value is -4.21. The molecule has 0 saturated carbocycles. The topological polar surface area (TPSA) is 86.8 Å². The second kappa shape index (κ2) is 14.1. The van der Waals surface area contributed by atoms with Crippen molar-refractivity contribution in [3.05, 3.63) is 131 Å². The number of carbonyl (C=O) groups excluding carboxylic acids is 2. The molecular weight excluding hydrogens is 601 g/mol. The zero-order chi connectivity index (χ0) is 31.9. The van der Waals surface area contributed by atoms with Crippen molar-refractivity contribution in [2.75, 3.05) is 10.8 Å². The summed E-state index contributed by atoms with van der Waals surface area (Å²) in [6.45, 7) is 4.53. The van der Waals surface area contributed by atoms with Gasteiger partial charge in [0.25, 0.3) is 10.0 Å². The van der Waals surface area contributed by atoms with Gasteiger partial charge in [-0.2, -0.15) is 0 Å². The number of nitrogens with zero attached hydrogens (tertiary/aromatic N) is 2. The highest BCUT2D eigenvalue weighted by Crippen LogP contribution is 2.27. The van der Waals surface area contributed by atoms with Gasteiger partial charge in [-0.25, -0.2) is 12.8 Å². The molecule has 0 heterocycles. The molecule has 0 aliphatic heterocycles. The molecule has 44 heavy (non-hydrogen) atoms. The van der Waals surface area contributed by atoms with Gasteiger partial charge in [-0.15, -0.1) is 0 Å². The van der Waals surface area contributed by atoms with Gasteiger partial charge >= 0.3 is 0 Å². The lowest BCUT2D eigenvalue weighted by atomic mass is 10.0. The van der Waals surface area contributed by atoms with Gasteiger partial charge < -0.3 is 10.2 Å². The van der Waals surface area contributed by atoms with Crippen molar-refractivity contribution >= 4 is 39.1 Å². The van der Waals surface area contributed by atoms with Gasteiger partial charge in [0.2, 0.25) is 11.8 Å². The first-order valence-electron chi connectivity index (χ1n) is 14.1. The summed E-state index contributed by atoms with van der Waals surface area (Å²) in [4.78, 5) is 29.5. The van der Waals surface area contributed by atoms with E-state index < -0.39 is 45.8 Å². The molecule has 4 aromatic carbocycles. The molecule has 1 unspecified atom stereocenters. The van der Waals surface area contributed by atoms with Gasteiger partial charge in [0.1, 0.15) is 18.4 Å². The van der Waals surface area contributed by atoms with Crippen LogP contribution in [0.5, 0.6) is 0 Å². The fourth-order valence-corrected chi connectivity index (χ4v) is 6.31. The lowest BCUT2D eigenvalue weighted by Gasteiger charge is -2.35. The molecule has 7 nitrogen and oxygen atoms in total. The summed E-state index contributed by atoms with van der Waals surface area (Å²) in [6.07, 6.45) is 0.117. The Labute approximate surface area is 263 Å². The first kappa shape index (κ1) is 32.7. The van der Waals surface area contributed by atoms with Crippen LogP contribution >= 0.6 is 11.6 Å². The molecule has 0 spiro atoms. The van der Waals surface area contributed by atoms with Crippen molar-refractivity contribution in [2.45, 2.75) is 50.2 Å². The number of anilines is 1. The van der Waals surface area contributed by atoms with Crippen molar-refractivity contribution in [3.8, 4) is 0 Å². The fourth-order valence-electron chi connectivity index (χ4n) is 4.70. The maximum absolute atomic E-state index is 15.0. The molecule has 0 bridgehead atoms. The molecule has 1 N–H and O–H groups in total. The van der Waals surface area contributed by atoms with E-state index in [0.29, 0.717) is 0 Å². The standard InChI is InChI=1S/C34H35ClFN3O4S/c1-34(2,3)37-33(41)31(21-25-13-6-4-7-14-25)38(23-26-15-10-11-20-30(26)36)32(40)24-39(28-17-12-16-27(35)22-28)44(42,43)29-18-8-5-9-19-29/h4-20,22,31H,21,23-24H2,1-3H3,(H,37,41). The van der Waals surface area contributed by atoms with Gasteiger partial charge in [-0.1, -0.05) is 84.4 Å². The molecule has 230 valence electrons. The predicted octanol–water partition coefficient (Wildman–Crippen LogP) is 6.23. The average molecular weight is 636 g/mol. The van der Waals surface area contributed by atoms with Gasteiger partial charge in [-0.05, 0) is 62.7 Å². The van der Waals surface area contributed by atoms with Crippen LogP contribution in [0.3, 0.4) is 0 Å². The predicted molar refractivity (Wildman–Crippen MR) is 171 cm³/mol. The molecule has 0 fully saturated rings. The van der Waals surface area contributed by atoms with E-state index in [2.05, 4.69) is 5.32 Å². The second-order valence-electron chi connectivity index (χ2n) is 11.4. The van der Waals surface area contributed by atoms with E-state index >= 15 is 0 Å². The summed E-state index contributed by atoms with van der Waals surface area (Å²) in [7, 11) is -4.26. The van der Waals surface area contributed by atoms with Crippen LogP contribution in [0.25, 0.3) is 0 Å². The molecule has 2 amide bonds. The summed E-state index contributed by atoms with van der Waals surface area (Å²) in [6, 6.07) is 27.9. The molecule has 0 aliphatic carbocycles. The molecule has 0 aromatic heterocycles. The largest absolute Gasteiger partial charge is 0.350 e. The molecule has 0 saturated heterocycles. The summed E-state index contributed by atoms with van der Waals surface area (Å²) in [5.41, 5.74) is 0.487. The van der Waals surface area contributed by atoms with Crippen molar-refractivity contribution in [2.24, 2.45) is 0 Å². The van der Waals surface area contributed by atoms with Gasteiger partial charge in [0.05, 0.1) is 10.6 Å². The van der Waals surface area contributed by atoms with Gasteiger partial charge in [0, 0.05) is 29.1 Å². The van der Waals surface area contributed by atoms with Gasteiger partial charge in [0.15, 0.2) is 0 Å². The van der Waals surface area contributed by atoms with E-state index in [1.807, 2.05) is 51.1 Å². The van der Waals surface area contributed by atoms with E-state index in [1.165, 1.54) is 47.4 Å². The van der Waals surface area contributed by atoms with E-state index in [-0.39, 0.29) is 34.1 Å². The third-order valence-corrected chi connectivity index (χ3v) is 8.80. The number of hydrogen-bond acceptors (Lipinski definition) is 4. The Balaban J connectivity index is 1.82. The monoisotopic (exact) mass is 635 g/mol. The Morgan fingerprint density at radius 1 is 0.864 bits per heavy atom. The first-order chi connectivity index (χ1) is 20.8. The van der Waals surface area contributed by atoms with Crippen LogP contribution in [-0.2, 0) is 32.6 Å². The molecular formula is C34H35ClFN3O4S. The van der Waals surface area contributed by atoms with Crippen LogP contribution in [-0.4, -0.2) is 43.3 Å². The van der Waals surface area contributed by atoms with Gasteiger partial charge in [-0.3, -0.25) is 13.9 Å². The Kier molecular flexibility index (Phi) is 10.4. The Morgan fingerprint density at radius 3 is 2.09 bits per heavy atom. The van der Waals surface area contributed by atoms with Crippen LogP contribution in [0.15, 0.2) is 114 Å². The fraction of sp³-hybridized carbons (Fsp3) is 0.235. The number of rotatable bonds is 11. The number of nitrogens with one attached hydrogen (secondary N) is 1. The smallest absolute Gasteiger partial charge is 0.264 e. The molecule has 0 radical (unpaired) electrons. The highest BCUT2D eigenvalue weighted by atomic mass is 35.5. The Bertz CT molecular complexity index is 1700. The third-order valence-electron chi connectivity index (χ3n) is 6.77. The van der Waals surface area contributed by atoms with Crippen molar-refractivity contribution < 1.29 is 22.4 Å². The zero-order valence-corrected chi connectivity index (χ0v) is 26.4. The third kappa shape index (κ3) is 8.45. The Morgan fingerprint density at radius 2 is 1.48 bits per heavy atom. The van der Waals surface area contributed by atoms with E-state index in [1.54, 1.807) is 36.4 Å². The maximum atomic E-state index is 15.0. The van der Waals surface area contributed by atoms with Crippen molar-refractivity contribution in [1.29, 1.82) is 0 Å². The minimum atomic E-state index is -4.26. The normalized spacial score (nSPS) is 12.3. The minimum Gasteiger partial charge on any atom is -0.350 e. The highest BCUT2D eigenvalue weighted by Gasteiger charge is 2.36. The average Bonchev–Trinajstić information content (AvgIpc) is 2.98. The van der Waals surface area contributed by atoms with Crippen molar-refractivity contribution in [3.63, 3.8) is 0 Å². The summed E-state index contributed by atoms with van der Waals surface area (Å²) in [5, 5.41) is 3.22. The summed E-state index contributed by atoms with van der Waals surface area (Å²) < 4.78 is 43.9. The zero-order valence-electron chi connectivity index (χ0n) is 24.8. The lowest BCUT2D eigenvalue weighted by Crippen LogP contribution is -2.56. The second-order valence-corrected chi connectivity index (χ2v) is 13.7. The van der Waals surface area contributed by atoms with Crippen LogP contribution < -0.4 is 9.62 Å². The van der Waals surface area contributed by atoms with E-state index in [4.69, 9.17) is 11.6 Å². The number of amides is 2. The van der Waals surface area contributed by atoms with Crippen LogP contribution in [0.1, 0.15) is 31.9 Å². The molecule has 4 rings (SSSR count). The molecule has 10 heteroatoms. The molecule has 0 aliphatic rings. The SMILES string of the molecule is CC(C)(C)NC(=O)C(Cc1ccccc1)N(Cc1ccccc1F)C(=O)CN(c1cccc(Cl)c1)S(=O)(=O)c1ccccc1. The van der Waals surface area contributed by atoms with E-state index in [9.17, 15) is 22.4 Å².